The average Bonchev–Trinajstić information content (AvgIpc) is 3.15. The number of carbonyl (C=O) groups excluding carboxylic acids is 1. The number of hydrogen-bond acceptors (Lipinski definition) is 8. The lowest BCUT2D eigenvalue weighted by Gasteiger charge is -2.11. The number of nitrogen functional groups attached to an aromatic ring is 1. The number of nitrogens with zero attached hydrogens (tertiary/aromatic N) is 2. The van der Waals surface area contributed by atoms with E-state index in [1.165, 1.54) is 6.92 Å². The zero-order valence-corrected chi connectivity index (χ0v) is 15.7. The first-order chi connectivity index (χ1) is 14.0. The number of ether oxygens (including phenoxy) is 2. The number of amides is 1. The van der Waals surface area contributed by atoms with E-state index in [0.29, 0.717) is 18.2 Å². The van der Waals surface area contributed by atoms with Crippen LogP contribution in [0.5, 0.6) is 11.5 Å². The number of rotatable bonds is 6. The molecule has 9 nitrogen and oxygen atoms in total. The number of aromatic nitrogens is 2. The number of hydrogen-bond donors (Lipinski definition) is 4. The Morgan fingerprint density at radius 1 is 1.00 bits per heavy atom. The molecule has 9 heteroatoms. The molecule has 0 unspecified atom stereocenters. The van der Waals surface area contributed by atoms with Crippen LogP contribution in [0.4, 0.5) is 29.0 Å². The second-order valence-corrected chi connectivity index (χ2v) is 6.42. The van der Waals surface area contributed by atoms with E-state index in [4.69, 9.17) is 15.2 Å². The third-order valence-corrected chi connectivity index (χ3v) is 4.13. The highest BCUT2D eigenvalue weighted by Gasteiger charge is 2.13. The van der Waals surface area contributed by atoms with Gasteiger partial charge in [-0.15, -0.1) is 0 Å². The Balaban J connectivity index is 1.42. The van der Waals surface area contributed by atoms with E-state index in [-0.39, 0.29) is 18.6 Å². The van der Waals surface area contributed by atoms with Crippen molar-refractivity contribution in [1.82, 2.24) is 9.97 Å². The summed E-state index contributed by atoms with van der Waals surface area (Å²) in [5, 5.41) is 9.14. The van der Waals surface area contributed by atoms with E-state index in [9.17, 15) is 4.79 Å². The topological polar surface area (TPSA) is 123 Å². The summed E-state index contributed by atoms with van der Waals surface area (Å²) in [7, 11) is 0. The molecular formula is C20H20N6O3. The van der Waals surface area contributed by atoms with Crippen LogP contribution in [-0.4, -0.2) is 22.7 Å². The van der Waals surface area contributed by atoms with E-state index >= 15 is 0 Å². The van der Waals surface area contributed by atoms with Gasteiger partial charge in [-0.05, 0) is 42.0 Å². The molecule has 0 spiro atoms. The predicted octanol–water partition coefficient (Wildman–Crippen LogP) is 3.10. The second-order valence-electron chi connectivity index (χ2n) is 6.42. The standard InChI is InChI=1S/C20H20N6O3/c1-12(27)23-14-3-5-15(6-4-14)24-19-9-18(25-20(21)26-19)22-10-13-2-7-16-17(8-13)29-11-28-16/h2-9H,10-11H2,1H3,(H,23,27)(H4,21,22,24,25,26). The zero-order chi connectivity index (χ0) is 20.2. The summed E-state index contributed by atoms with van der Waals surface area (Å²) in [6.45, 7) is 2.25. The number of benzene rings is 2. The van der Waals surface area contributed by atoms with Gasteiger partial charge in [0.15, 0.2) is 11.5 Å². The largest absolute Gasteiger partial charge is 0.454 e. The van der Waals surface area contributed by atoms with Crippen LogP contribution in [0, 0.1) is 0 Å². The minimum Gasteiger partial charge on any atom is -0.454 e. The zero-order valence-electron chi connectivity index (χ0n) is 15.7. The smallest absolute Gasteiger partial charge is 0.231 e. The Morgan fingerprint density at radius 2 is 1.72 bits per heavy atom. The Kier molecular flexibility index (Phi) is 5.02. The molecule has 2 heterocycles. The third-order valence-electron chi connectivity index (χ3n) is 4.13. The van der Waals surface area contributed by atoms with Gasteiger partial charge >= 0.3 is 0 Å². The molecule has 0 atom stereocenters. The summed E-state index contributed by atoms with van der Waals surface area (Å²) in [4.78, 5) is 19.5. The van der Waals surface area contributed by atoms with Crippen LogP contribution in [0.2, 0.25) is 0 Å². The minimum absolute atomic E-state index is 0.118. The summed E-state index contributed by atoms with van der Waals surface area (Å²) in [5.41, 5.74) is 8.39. The van der Waals surface area contributed by atoms with Crippen molar-refractivity contribution >= 4 is 34.9 Å². The molecule has 0 saturated carbocycles. The van der Waals surface area contributed by atoms with E-state index in [0.717, 1.165) is 28.4 Å². The molecule has 0 bridgehead atoms. The van der Waals surface area contributed by atoms with Crippen molar-refractivity contribution in [3.63, 3.8) is 0 Å². The van der Waals surface area contributed by atoms with E-state index in [1.807, 2.05) is 30.3 Å². The fraction of sp³-hybridized carbons (Fsp3) is 0.150. The van der Waals surface area contributed by atoms with Gasteiger partial charge in [0.1, 0.15) is 11.6 Å². The second kappa shape index (κ2) is 7.93. The lowest BCUT2D eigenvalue weighted by molar-refractivity contribution is -0.114. The van der Waals surface area contributed by atoms with Crippen LogP contribution >= 0.6 is 0 Å². The van der Waals surface area contributed by atoms with Crippen molar-refractivity contribution in [3.8, 4) is 11.5 Å². The monoisotopic (exact) mass is 392 g/mol. The molecule has 5 N–H and O–H groups in total. The van der Waals surface area contributed by atoms with Crippen molar-refractivity contribution in [2.75, 3.05) is 28.5 Å². The lowest BCUT2D eigenvalue weighted by atomic mass is 10.2. The molecule has 0 radical (unpaired) electrons. The van der Waals surface area contributed by atoms with Gasteiger partial charge < -0.3 is 31.2 Å². The SMILES string of the molecule is CC(=O)Nc1ccc(Nc2cc(NCc3ccc4c(c3)OCO4)nc(N)n2)cc1. The highest BCUT2D eigenvalue weighted by molar-refractivity contribution is 5.88. The summed E-state index contributed by atoms with van der Waals surface area (Å²) in [5.74, 6) is 2.66. The van der Waals surface area contributed by atoms with Crippen LogP contribution in [0.1, 0.15) is 12.5 Å². The molecule has 0 aliphatic carbocycles. The van der Waals surface area contributed by atoms with Crippen molar-refractivity contribution in [2.24, 2.45) is 0 Å². The maximum absolute atomic E-state index is 11.1. The Bertz CT molecular complexity index is 1040. The Labute approximate surface area is 167 Å². The highest BCUT2D eigenvalue weighted by atomic mass is 16.7. The number of anilines is 5. The molecule has 1 aliphatic rings. The maximum atomic E-state index is 11.1. The van der Waals surface area contributed by atoms with Crippen LogP contribution in [0.3, 0.4) is 0 Å². The molecule has 1 aromatic heterocycles. The molecule has 2 aromatic carbocycles. The average molecular weight is 392 g/mol. The van der Waals surface area contributed by atoms with Crippen LogP contribution in [-0.2, 0) is 11.3 Å². The third kappa shape index (κ3) is 4.64. The molecule has 3 aromatic rings. The molecule has 0 saturated heterocycles. The van der Waals surface area contributed by atoms with E-state index in [1.54, 1.807) is 18.2 Å². The Morgan fingerprint density at radius 3 is 2.52 bits per heavy atom. The van der Waals surface area contributed by atoms with Crippen molar-refractivity contribution < 1.29 is 14.3 Å². The lowest BCUT2D eigenvalue weighted by Crippen LogP contribution is -2.07. The quantitative estimate of drug-likeness (QED) is 0.505. The van der Waals surface area contributed by atoms with Gasteiger partial charge in [-0.25, -0.2) is 0 Å². The summed E-state index contributed by atoms with van der Waals surface area (Å²) in [6.07, 6.45) is 0. The van der Waals surface area contributed by atoms with Crippen molar-refractivity contribution in [1.29, 1.82) is 0 Å². The normalized spacial score (nSPS) is 11.8. The molecule has 1 aliphatic heterocycles. The molecule has 148 valence electrons. The minimum atomic E-state index is -0.118. The Hall–Kier alpha value is -4.01. The first-order valence-electron chi connectivity index (χ1n) is 8.97. The fourth-order valence-electron chi connectivity index (χ4n) is 2.85. The predicted molar refractivity (Wildman–Crippen MR) is 110 cm³/mol. The fourth-order valence-corrected chi connectivity index (χ4v) is 2.85. The number of nitrogens with one attached hydrogen (secondary N) is 3. The van der Waals surface area contributed by atoms with Gasteiger partial charge in [0.25, 0.3) is 0 Å². The van der Waals surface area contributed by atoms with Gasteiger partial charge in [-0.2, -0.15) is 9.97 Å². The number of fused-ring (bicyclic) bond motifs is 1. The van der Waals surface area contributed by atoms with Crippen molar-refractivity contribution in [3.05, 3.63) is 54.1 Å². The van der Waals surface area contributed by atoms with Crippen LogP contribution < -0.4 is 31.2 Å². The van der Waals surface area contributed by atoms with Gasteiger partial charge in [-0.1, -0.05) is 6.07 Å². The number of nitrogens with two attached hydrogens (primary N) is 1. The summed E-state index contributed by atoms with van der Waals surface area (Å²) >= 11 is 0. The van der Waals surface area contributed by atoms with Crippen LogP contribution in [0.25, 0.3) is 0 Å². The van der Waals surface area contributed by atoms with Gasteiger partial charge in [0.2, 0.25) is 18.6 Å². The van der Waals surface area contributed by atoms with Gasteiger partial charge in [0.05, 0.1) is 0 Å². The van der Waals surface area contributed by atoms with Gasteiger partial charge in [-0.3, -0.25) is 4.79 Å². The van der Waals surface area contributed by atoms with Crippen LogP contribution in [0.15, 0.2) is 48.5 Å². The summed E-state index contributed by atoms with van der Waals surface area (Å²) in [6, 6.07) is 14.8. The maximum Gasteiger partial charge on any atom is 0.231 e. The molecule has 29 heavy (non-hydrogen) atoms. The van der Waals surface area contributed by atoms with E-state index in [2.05, 4.69) is 25.9 Å². The number of carbonyl (C=O) groups is 1. The molecule has 0 fully saturated rings. The summed E-state index contributed by atoms with van der Waals surface area (Å²) < 4.78 is 10.7. The molecule has 1 amide bonds. The van der Waals surface area contributed by atoms with Crippen molar-refractivity contribution in [2.45, 2.75) is 13.5 Å². The molecule has 4 rings (SSSR count). The first kappa shape index (κ1) is 18.4. The molecular weight excluding hydrogens is 372 g/mol. The van der Waals surface area contributed by atoms with Gasteiger partial charge in [0, 0.05) is 30.9 Å². The first-order valence-corrected chi connectivity index (χ1v) is 8.97. The van der Waals surface area contributed by atoms with E-state index < -0.39 is 0 Å². The highest BCUT2D eigenvalue weighted by Crippen LogP contribution is 2.32.